The van der Waals surface area contributed by atoms with Crippen molar-refractivity contribution in [3.05, 3.63) is 84.5 Å². The Morgan fingerprint density at radius 3 is 2.65 bits per heavy atom. The number of methoxy groups -OCH3 is 2. The molecule has 0 unspecified atom stereocenters. The molecule has 9 heteroatoms. The first-order valence-electron chi connectivity index (χ1n) is 10.6. The van der Waals surface area contributed by atoms with Crippen LogP contribution >= 0.6 is 11.3 Å². The molecule has 3 aromatic rings. The molecule has 0 saturated heterocycles. The number of para-hydroxylation sites is 1. The van der Waals surface area contributed by atoms with Crippen LogP contribution in [0.3, 0.4) is 0 Å². The van der Waals surface area contributed by atoms with Gasteiger partial charge in [-0.3, -0.25) is 9.36 Å². The summed E-state index contributed by atoms with van der Waals surface area (Å²) in [4.78, 5) is 31.7. The normalized spacial score (nSPS) is 15.5. The number of carbonyl (C=O) groups excluding carboxylic acids is 1. The molecule has 0 bridgehead atoms. The van der Waals surface area contributed by atoms with Crippen LogP contribution in [0, 0.1) is 0 Å². The fourth-order valence-electron chi connectivity index (χ4n) is 3.89. The molecule has 0 amide bonds. The van der Waals surface area contributed by atoms with Crippen molar-refractivity contribution in [2.24, 2.45) is 4.99 Å². The van der Waals surface area contributed by atoms with Gasteiger partial charge in [-0.25, -0.2) is 9.79 Å². The zero-order chi connectivity index (χ0) is 24.4. The van der Waals surface area contributed by atoms with Gasteiger partial charge in [-0.2, -0.15) is 0 Å². The number of aromatic hydroxyl groups is 1. The van der Waals surface area contributed by atoms with E-state index in [4.69, 9.17) is 14.2 Å². The second kappa shape index (κ2) is 9.56. The third kappa shape index (κ3) is 4.10. The third-order valence-corrected chi connectivity index (χ3v) is 6.45. The highest BCUT2D eigenvalue weighted by Crippen LogP contribution is 2.37. The summed E-state index contributed by atoms with van der Waals surface area (Å²) in [6.45, 7) is 3.61. The van der Waals surface area contributed by atoms with Gasteiger partial charge in [-0.1, -0.05) is 29.5 Å². The second-order valence-electron chi connectivity index (χ2n) is 7.47. The van der Waals surface area contributed by atoms with E-state index in [0.29, 0.717) is 37.7 Å². The zero-order valence-electron chi connectivity index (χ0n) is 19.2. The van der Waals surface area contributed by atoms with Crippen molar-refractivity contribution in [3.8, 4) is 17.2 Å². The number of esters is 1. The van der Waals surface area contributed by atoms with E-state index in [9.17, 15) is 14.7 Å². The highest BCUT2D eigenvalue weighted by atomic mass is 32.1. The summed E-state index contributed by atoms with van der Waals surface area (Å²) in [6, 6.07) is 11.1. The Morgan fingerprint density at radius 2 is 1.97 bits per heavy atom. The summed E-state index contributed by atoms with van der Waals surface area (Å²) in [5.74, 6) is 0.527. The molecular formula is C25H24N2O6S. The van der Waals surface area contributed by atoms with E-state index in [2.05, 4.69) is 4.99 Å². The number of hydrogen-bond donors (Lipinski definition) is 1. The fourth-order valence-corrected chi connectivity index (χ4v) is 4.93. The predicted molar refractivity (Wildman–Crippen MR) is 128 cm³/mol. The minimum atomic E-state index is -0.841. The first-order chi connectivity index (χ1) is 16.4. The Morgan fingerprint density at radius 1 is 1.21 bits per heavy atom. The average Bonchev–Trinajstić information content (AvgIpc) is 3.13. The monoisotopic (exact) mass is 480 g/mol. The first-order valence-corrected chi connectivity index (χ1v) is 11.4. The van der Waals surface area contributed by atoms with Crippen molar-refractivity contribution >= 4 is 23.4 Å². The molecule has 176 valence electrons. The fraction of sp³-hybridized carbons (Fsp3) is 0.240. The number of allylic oxidation sites excluding steroid dienone is 1. The van der Waals surface area contributed by atoms with E-state index in [1.807, 2.05) is 0 Å². The van der Waals surface area contributed by atoms with E-state index in [-0.39, 0.29) is 23.5 Å². The molecule has 1 aliphatic heterocycles. The zero-order valence-corrected chi connectivity index (χ0v) is 20.0. The summed E-state index contributed by atoms with van der Waals surface area (Å²) in [5.41, 5.74) is 1.41. The van der Waals surface area contributed by atoms with Gasteiger partial charge in [0.1, 0.15) is 23.3 Å². The van der Waals surface area contributed by atoms with Crippen molar-refractivity contribution in [1.82, 2.24) is 4.57 Å². The van der Waals surface area contributed by atoms with E-state index in [1.165, 1.54) is 30.1 Å². The summed E-state index contributed by atoms with van der Waals surface area (Å²) in [5, 5.41) is 10.2. The lowest BCUT2D eigenvalue weighted by atomic mass is 9.94. The van der Waals surface area contributed by atoms with Crippen LogP contribution in [0.2, 0.25) is 0 Å². The Labute approximate surface area is 199 Å². The number of aromatic nitrogens is 1. The lowest BCUT2D eigenvalue weighted by Crippen LogP contribution is -2.40. The van der Waals surface area contributed by atoms with Crippen molar-refractivity contribution < 1.29 is 24.1 Å². The molecule has 0 aliphatic carbocycles. The summed E-state index contributed by atoms with van der Waals surface area (Å²) < 4.78 is 18.1. The predicted octanol–water partition coefficient (Wildman–Crippen LogP) is 2.52. The molecule has 1 atom stereocenters. The molecule has 0 fully saturated rings. The maximum absolute atomic E-state index is 13.7. The minimum absolute atomic E-state index is 0.0581. The molecule has 1 aromatic heterocycles. The summed E-state index contributed by atoms with van der Waals surface area (Å²) in [6.07, 6.45) is 1.61. The lowest BCUT2D eigenvalue weighted by molar-refractivity contribution is -0.139. The lowest BCUT2D eigenvalue weighted by Gasteiger charge is -2.26. The average molecular weight is 481 g/mol. The number of carbonyl (C=O) groups is 1. The topological polar surface area (TPSA) is 99.4 Å². The SMILES string of the molecule is CCOC(=O)C1=C(C)N=c2s/c(=C/c3ccccc3O)c(=O)n2[C@@H]1c1cc(OC)ccc1OC. The molecule has 0 saturated carbocycles. The highest BCUT2D eigenvalue weighted by molar-refractivity contribution is 7.07. The van der Waals surface area contributed by atoms with Crippen LogP contribution in [0.5, 0.6) is 17.2 Å². The number of phenolic OH excluding ortho intramolecular Hbond substituents is 1. The van der Waals surface area contributed by atoms with Crippen molar-refractivity contribution in [1.29, 1.82) is 0 Å². The van der Waals surface area contributed by atoms with Gasteiger partial charge in [-0.15, -0.1) is 0 Å². The van der Waals surface area contributed by atoms with Crippen LogP contribution in [0.15, 0.2) is 63.5 Å². The second-order valence-corrected chi connectivity index (χ2v) is 8.48. The van der Waals surface area contributed by atoms with Gasteiger partial charge < -0.3 is 19.3 Å². The maximum Gasteiger partial charge on any atom is 0.338 e. The van der Waals surface area contributed by atoms with Gasteiger partial charge in [0.2, 0.25) is 0 Å². The van der Waals surface area contributed by atoms with Crippen LogP contribution in [-0.4, -0.2) is 36.5 Å². The van der Waals surface area contributed by atoms with Crippen LogP contribution in [0.25, 0.3) is 6.08 Å². The van der Waals surface area contributed by atoms with Crippen molar-refractivity contribution in [3.63, 3.8) is 0 Å². The number of phenols is 1. The molecule has 4 rings (SSSR count). The number of ether oxygens (including phenoxy) is 3. The molecule has 2 heterocycles. The number of rotatable bonds is 6. The quantitative estimate of drug-likeness (QED) is 0.545. The van der Waals surface area contributed by atoms with Gasteiger partial charge in [0.25, 0.3) is 5.56 Å². The largest absolute Gasteiger partial charge is 0.507 e. The van der Waals surface area contributed by atoms with E-state index < -0.39 is 12.0 Å². The molecule has 34 heavy (non-hydrogen) atoms. The smallest absolute Gasteiger partial charge is 0.338 e. The minimum Gasteiger partial charge on any atom is -0.507 e. The molecule has 2 aromatic carbocycles. The number of benzene rings is 2. The Kier molecular flexibility index (Phi) is 6.56. The molecular weight excluding hydrogens is 456 g/mol. The summed E-state index contributed by atoms with van der Waals surface area (Å²) in [7, 11) is 3.06. The number of thiazole rings is 1. The van der Waals surface area contributed by atoms with Crippen LogP contribution < -0.4 is 24.4 Å². The van der Waals surface area contributed by atoms with E-state index in [0.717, 1.165) is 0 Å². The van der Waals surface area contributed by atoms with Gasteiger partial charge in [-0.05, 0) is 44.2 Å². The van der Waals surface area contributed by atoms with Crippen molar-refractivity contribution in [2.45, 2.75) is 19.9 Å². The molecule has 8 nitrogen and oxygen atoms in total. The number of fused-ring (bicyclic) bond motifs is 1. The van der Waals surface area contributed by atoms with Gasteiger partial charge in [0.05, 0.1) is 36.6 Å². The molecule has 0 radical (unpaired) electrons. The third-order valence-electron chi connectivity index (χ3n) is 5.47. The Bertz CT molecular complexity index is 1470. The molecule has 1 N–H and O–H groups in total. The Balaban J connectivity index is 2.03. The van der Waals surface area contributed by atoms with Crippen LogP contribution in [-0.2, 0) is 9.53 Å². The summed E-state index contributed by atoms with van der Waals surface area (Å²) >= 11 is 1.18. The van der Waals surface area contributed by atoms with Crippen LogP contribution in [0.1, 0.15) is 31.0 Å². The maximum atomic E-state index is 13.7. The van der Waals surface area contributed by atoms with Gasteiger partial charge in [0, 0.05) is 11.1 Å². The van der Waals surface area contributed by atoms with E-state index in [1.54, 1.807) is 62.4 Å². The Hall–Kier alpha value is -3.85. The van der Waals surface area contributed by atoms with E-state index >= 15 is 0 Å². The van der Waals surface area contributed by atoms with Gasteiger partial charge in [0.15, 0.2) is 4.80 Å². The highest BCUT2D eigenvalue weighted by Gasteiger charge is 2.35. The number of nitrogens with zero attached hydrogens (tertiary/aromatic N) is 2. The molecule has 1 aliphatic rings. The van der Waals surface area contributed by atoms with Crippen molar-refractivity contribution in [2.75, 3.05) is 20.8 Å². The first kappa shape index (κ1) is 23.3. The van der Waals surface area contributed by atoms with Crippen LogP contribution in [0.4, 0.5) is 0 Å². The number of hydrogen-bond acceptors (Lipinski definition) is 8. The van der Waals surface area contributed by atoms with Gasteiger partial charge >= 0.3 is 5.97 Å². The standard InChI is InChI=1S/C25H24N2O6S/c1-5-33-24(30)21-14(2)26-25-27(22(21)17-13-16(31-3)10-11-19(17)32-4)23(29)20(34-25)12-15-8-6-7-9-18(15)28/h6-13,22,28H,5H2,1-4H3/b20-12+/t22-/m1/s1. The molecule has 0 spiro atoms.